The molecule has 0 bridgehead atoms. The average molecular weight is 472 g/mol. The van der Waals surface area contributed by atoms with Gasteiger partial charge in [-0.25, -0.2) is 5.48 Å². The molecule has 0 radical (unpaired) electrons. The van der Waals surface area contributed by atoms with Gasteiger partial charge in [-0.05, 0) is 41.3 Å². The first-order valence-corrected chi connectivity index (χ1v) is 11.8. The molecule has 8 nitrogen and oxygen atoms in total. The number of aryl methyl sites for hydroxylation is 1. The van der Waals surface area contributed by atoms with E-state index in [1.54, 1.807) is 41.9 Å². The van der Waals surface area contributed by atoms with E-state index in [1.165, 1.54) is 11.1 Å². The third-order valence-electron chi connectivity index (χ3n) is 6.80. The van der Waals surface area contributed by atoms with Crippen LogP contribution in [0.4, 0.5) is 0 Å². The first kappa shape index (κ1) is 23.0. The Morgan fingerprint density at radius 3 is 2.49 bits per heavy atom. The zero-order valence-corrected chi connectivity index (χ0v) is 19.6. The third kappa shape index (κ3) is 5.34. The fourth-order valence-electron chi connectivity index (χ4n) is 4.56. The van der Waals surface area contributed by atoms with Gasteiger partial charge in [-0.3, -0.25) is 19.5 Å². The Kier molecular flexibility index (Phi) is 6.48. The maximum Gasteiger partial charge on any atom is 0.274 e. The van der Waals surface area contributed by atoms with Gasteiger partial charge in [0.2, 0.25) is 5.91 Å². The first-order valence-electron chi connectivity index (χ1n) is 11.8. The Morgan fingerprint density at radius 2 is 1.83 bits per heavy atom. The lowest BCUT2D eigenvalue weighted by Crippen LogP contribution is -2.53. The number of nitrogens with one attached hydrogen (secondary N) is 2. The van der Waals surface area contributed by atoms with E-state index in [0.29, 0.717) is 23.4 Å². The number of hydrogen-bond acceptors (Lipinski definition) is 5. The molecule has 1 saturated carbocycles. The van der Waals surface area contributed by atoms with Crippen molar-refractivity contribution < 1.29 is 14.8 Å². The minimum atomic E-state index is -0.562. The van der Waals surface area contributed by atoms with Crippen LogP contribution in [0.1, 0.15) is 33.8 Å². The summed E-state index contributed by atoms with van der Waals surface area (Å²) in [6.07, 6.45) is 8.37. The zero-order chi connectivity index (χ0) is 24.4. The lowest BCUT2D eigenvalue weighted by atomic mass is 9.99. The highest BCUT2D eigenvalue weighted by atomic mass is 16.5. The second kappa shape index (κ2) is 9.85. The molecule has 3 aromatic rings. The van der Waals surface area contributed by atoms with Crippen molar-refractivity contribution in [2.75, 3.05) is 19.6 Å². The van der Waals surface area contributed by atoms with Crippen molar-refractivity contribution >= 4 is 17.9 Å². The molecule has 3 N–H and O–H groups in total. The van der Waals surface area contributed by atoms with E-state index in [9.17, 15) is 9.59 Å². The van der Waals surface area contributed by atoms with Gasteiger partial charge in [0.05, 0.1) is 6.20 Å². The second-order valence-corrected chi connectivity index (χ2v) is 9.39. The number of benzene rings is 2. The summed E-state index contributed by atoms with van der Waals surface area (Å²) in [7, 11) is 1.93. The molecule has 2 aliphatic rings. The molecule has 1 aromatic heterocycles. The molecule has 2 atom stereocenters. The summed E-state index contributed by atoms with van der Waals surface area (Å²) in [4.78, 5) is 25.6. The minimum Gasteiger partial charge on any atom is -0.338 e. The topological polar surface area (TPSA) is 99.5 Å². The van der Waals surface area contributed by atoms with E-state index in [-0.39, 0.29) is 5.91 Å². The molecule has 2 aromatic carbocycles. The average Bonchev–Trinajstić information content (AvgIpc) is 3.51. The molecule has 2 fully saturated rings. The van der Waals surface area contributed by atoms with Crippen molar-refractivity contribution in [2.45, 2.75) is 18.4 Å². The van der Waals surface area contributed by atoms with Crippen LogP contribution < -0.4 is 10.8 Å². The number of rotatable bonds is 8. The molecule has 1 aliphatic carbocycles. The van der Waals surface area contributed by atoms with Crippen LogP contribution in [0.3, 0.4) is 0 Å². The summed E-state index contributed by atoms with van der Waals surface area (Å²) >= 11 is 0. The van der Waals surface area contributed by atoms with Gasteiger partial charge in [0.15, 0.2) is 0 Å². The number of carbonyl (C=O) groups is 2. The van der Waals surface area contributed by atoms with Gasteiger partial charge in [0.25, 0.3) is 5.91 Å². The van der Waals surface area contributed by atoms with E-state index in [2.05, 4.69) is 34.7 Å². The van der Waals surface area contributed by atoms with E-state index in [1.807, 2.05) is 29.0 Å². The van der Waals surface area contributed by atoms with Crippen molar-refractivity contribution in [2.24, 2.45) is 13.0 Å². The molecule has 5 rings (SSSR count). The van der Waals surface area contributed by atoms with Crippen LogP contribution in [0, 0.1) is 5.92 Å². The van der Waals surface area contributed by atoms with Gasteiger partial charge in [0, 0.05) is 68.0 Å². The Bertz CT molecular complexity index is 1230. The monoisotopic (exact) mass is 471 g/mol. The van der Waals surface area contributed by atoms with Crippen LogP contribution in [0.15, 0.2) is 67.0 Å². The molecule has 35 heavy (non-hydrogen) atoms. The van der Waals surface area contributed by atoms with Gasteiger partial charge in [0.1, 0.15) is 0 Å². The molecular formula is C27H29N5O3. The van der Waals surface area contributed by atoms with Crippen molar-refractivity contribution in [3.63, 3.8) is 0 Å². The molecule has 0 spiro atoms. The van der Waals surface area contributed by atoms with Crippen LogP contribution in [0.2, 0.25) is 0 Å². The van der Waals surface area contributed by atoms with Crippen LogP contribution in [-0.4, -0.2) is 57.4 Å². The molecule has 1 aliphatic heterocycles. The summed E-state index contributed by atoms with van der Waals surface area (Å²) in [6, 6.07) is 16.0. The van der Waals surface area contributed by atoms with Crippen LogP contribution in [-0.2, 0) is 11.8 Å². The second-order valence-electron chi connectivity index (χ2n) is 9.39. The lowest BCUT2D eigenvalue weighted by molar-refractivity contribution is -0.131. The summed E-state index contributed by atoms with van der Waals surface area (Å²) < 4.78 is 1.82. The van der Waals surface area contributed by atoms with Crippen molar-refractivity contribution in [1.29, 1.82) is 0 Å². The molecular weight excluding hydrogens is 442 g/mol. The van der Waals surface area contributed by atoms with Crippen molar-refractivity contribution in [3.05, 3.63) is 83.7 Å². The highest BCUT2D eigenvalue weighted by molar-refractivity contribution is 5.94. The number of hydrogen-bond donors (Lipinski definition) is 3. The summed E-state index contributed by atoms with van der Waals surface area (Å²) in [5.74, 6) is 0.482. The fourth-order valence-corrected chi connectivity index (χ4v) is 4.56. The zero-order valence-electron chi connectivity index (χ0n) is 19.6. The Morgan fingerprint density at radius 1 is 1.09 bits per heavy atom. The molecule has 8 heteroatoms. The highest BCUT2D eigenvalue weighted by Gasteiger charge is 2.39. The van der Waals surface area contributed by atoms with Crippen LogP contribution in [0.5, 0.6) is 0 Å². The predicted molar refractivity (Wildman–Crippen MR) is 133 cm³/mol. The van der Waals surface area contributed by atoms with E-state index in [0.717, 1.165) is 37.2 Å². The number of likely N-dealkylation sites (tertiary alicyclic amines) is 1. The molecule has 2 unspecified atom stereocenters. The Labute approximate surface area is 204 Å². The fraction of sp³-hybridized carbons (Fsp3) is 0.296. The van der Waals surface area contributed by atoms with E-state index in [4.69, 9.17) is 5.21 Å². The normalized spacial score (nSPS) is 19.5. The van der Waals surface area contributed by atoms with Crippen LogP contribution in [0.25, 0.3) is 17.2 Å². The Balaban J connectivity index is 1.02. The summed E-state index contributed by atoms with van der Waals surface area (Å²) in [5.41, 5.74) is 6.46. The van der Waals surface area contributed by atoms with Gasteiger partial charge in [-0.2, -0.15) is 5.10 Å². The number of hydroxylamine groups is 1. The lowest BCUT2D eigenvalue weighted by Gasteiger charge is -2.39. The maximum absolute atomic E-state index is 12.4. The predicted octanol–water partition coefficient (Wildman–Crippen LogP) is 2.82. The largest absolute Gasteiger partial charge is 0.338 e. The molecule has 180 valence electrons. The van der Waals surface area contributed by atoms with Crippen molar-refractivity contribution in [3.8, 4) is 11.1 Å². The van der Waals surface area contributed by atoms with Gasteiger partial charge in [-0.15, -0.1) is 0 Å². The van der Waals surface area contributed by atoms with Gasteiger partial charge in [-0.1, -0.05) is 36.4 Å². The number of amides is 2. The summed E-state index contributed by atoms with van der Waals surface area (Å²) in [6.45, 7) is 2.46. The van der Waals surface area contributed by atoms with Gasteiger partial charge >= 0.3 is 0 Å². The minimum absolute atomic E-state index is 0.00330. The summed E-state index contributed by atoms with van der Waals surface area (Å²) in [5, 5.41) is 16.6. The standard InChI is InChI=1S/C27H29N5O3/c1-31-17-23(14-29-31)20-7-9-21(10-8-20)24-12-25(24)28-13-19-15-32(16-19)26(33)11-4-18-2-5-22(6-3-18)27(34)30-35/h2-11,14,17,19,24-25,28,35H,12-13,15-16H2,1H3,(H,30,34)/b11-4+. The molecule has 2 heterocycles. The Hall–Kier alpha value is -3.75. The molecule has 2 amide bonds. The van der Waals surface area contributed by atoms with Gasteiger partial charge < -0.3 is 10.2 Å². The highest BCUT2D eigenvalue weighted by Crippen LogP contribution is 2.41. The third-order valence-corrected chi connectivity index (χ3v) is 6.80. The van der Waals surface area contributed by atoms with Crippen LogP contribution >= 0.6 is 0 Å². The van der Waals surface area contributed by atoms with E-state index >= 15 is 0 Å². The maximum atomic E-state index is 12.4. The SMILES string of the molecule is Cn1cc(-c2ccc(C3CC3NCC3CN(C(=O)/C=C/c4ccc(C(=O)NO)cc4)C3)cc2)cn1. The number of aromatic nitrogens is 2. The molecule has 1 saturated heterocycles. The first-order chi connectivity index (χ1) is 17.0. The van der Waals surface area contributed by atoms with Crippen molar-refractivity contribution in [1.82, 2.24) is 25.5 Å². The number of carbonyl (C=O) groups excluding carboxylic acids is 2. The quantitative estimate of drug-likeness (QED) is 0.267. The smallest absolute Gasteiger partial charge is 0.274 e. The van der Waals surface area contributed by atoms with E-state index < -0.39 is 5.91 Å². The number of nitrogens with zero attached hydrogens (tertiary/aromatic N) is 3.